The summed E-state index contributed by atoms with van der Waals surface area (Å²) in [6.07, 6.45) is 2.32. The Hall–Kier alpha value is -5.83. The van der Waals surface area contributed by atoms with Crippen molar-refractivity contribution >= 4 is 62.0 Å². The monoisotopic (exact) mass is 784 g/mol. The number of carbonyl (C=O) groups excluding carboxylic acids is 3. The fraction of sp³-hybridized carbons (Fsp3) is 0.262. The molecule has 284 valence electrons. The maximum absolute atomic E-state index is 13.1. The minimum atomic E-state index is -0.874. The molecule has 56 heavy (non-hydrogen) atoms. The number of hydrogen-bond donors (Lipinski definition) is 3. The van der Waals surface area contributed by atoms with E-state index in [0.29, 0.717) is 23.4 Å². The molecule has 6 aromatic rings. The van der Waals surface area contributed by atoms with E-state index in [0.717, 1.165) is 80.5 Å². The molecule has 0 spiro atoms. The third-order valence-corrected chi connectivity index (χ3v) is 12.2. The Morgan fingerprint density at radius 3 is 1.70 bits per heavy atom. The molecule has 3 unspecified atom stereocenters. The van der Waals surface area contributed by atoms with Crippen molar-refractivity contribution in [2.75, 3.05) is 20.4 Å². The predicted octanol–water partition coefficient (Wildman–Crippen LogP) is 7.55. The second-order valence-electron chi connectivity index (χ2n) is 14.1. The molecule has 14 heteroatoms. The van der Waals surface area contributed by atoms with E-state index in [9.17, 15) is 19.5 Å². The van der Waals surface area contributed by atoms with Crippen LogP contribution in [0.1, 0.15) is 91.5 Å². The van der Waals surface area contributed by atoms with E-state index in [1.807, 2.05) is 111 Å². The topological polar surface area (TPSA) is 154 Å². The van der Waals surface area contributed by atoms with Crippen molar-refractivity contribution in [1.29, 1.82) is 0 Å². The number of amides is 3. The van der Waals surface area contributed by atoms with Gasteiger partial charge >= 0.3 is 0 Å². The zero-order chi connectivity index (χ0) is 38.8. The van der Waals surface area contributed by atoms with Gasteiger partial charge < -0.3 is 25.5 Å². The first-order chi connectivity index (χ1) is 27.2. The molecular weight excluding hydrogens is 745 g/mol. The van der Waals surface area contributed by atoms with Crippen LogP contribution in [0.2, 0.25) is 0 Å². The number of aliphatic hydroxyl groups is 1. The smallest absolute Gasteiger partial charge is 0.258 e. The maximum atomic E-state index is 13.1. The van der Waals surface area contributed by atoms with Gasteiger partial charge in [0.25, 0.3) is 11.8 Å². The van der Waals surface area contributed by atoms with Gasteiger partial charge in [-0.1, -0.05) is 90.3 Å². The Labute approximate surface area is 332 Å². The van der Waals surface area contributed by atoms with Crippen molar-refractivity contribution in [2.24, 2.45) is 0 Å². The summed E-state index contributed by atoms with van der Waals surface area (Å²) >= 11 is 2.79. The summed E-state index contributed by atoms with van der Waals surface area (Å²) in [4.78, 5) is 42.3. The Bertz CT molecular complexity index is 2380. The maximum Gasteiger partial charge on any atom is 0.258 e. The molecule has 12 nitrogen and oxygen atoms in total. The summed E-state index contributed by atoms with van der Waals surface area (Å²) in [5.74, 6) is -0.838. The zero-order valence-corrected chi connectivity index (χ0v) is 32.5. The Kier molecular flexibility index (Phi) is 10.7. The molecule has 3 atom stereocenters. The van der Waals surface area contributed by atoms with Gasteiger partial charge in [0, 0.05) is 41.3 Å². The van der Waals surface area contributed by atoms with Crippen molar-refractivity contribution in [3.05, 3.63) is 140 Å². The molecule has 4 heterocycles. The lowest BCUT2D eigenvalue weighted by molar-refractivity contribution is -0.117. The van der Waals surface area contributed by atoms with E-state index in [1.54, 1.807) is 9.80 Å². The van der Waals surface area contributed by atoms with Gasteiger partial charge in [0.05, 0.1) is 19.0 Å². The molecule has 0 saturated carbocycles. The van der Waals surface area contributed by atoms with Crippen LogP contribution in [-0.4, -0.2) is 49.5 Å². The molecule has 8 rings (SSSR count). The van der Waals surface area contributed by atoms with Gasteiger partial charge in [0.2, 0.25) is 16.2 Å². The summed E-state index contributed by atoms with van der Waals surface area (Å²) in [7, 11) is 0. The molecular formula is C42H40N8O4S2. The highest BCUT2D eigenvalue weighted by Gasteiger charge is 2.29. The Morgan fingerprint density at radius 2 is 1.16 bits per heavy atom. The summed E-state index contributed by atoms with van der Waals surface area (Å²) in [5.41, 5.74) is 6.91. The van der Waals surface area contributed by atoms with Crippen LogP contribution in [0, 0.1) is 0 Å². The van der Waals surface area contributed by atoms with E-state index in [-0.39, 0.29) is 23.6 Å². The minimum absolute atomic E-state index is 0.00113. The van der Waals surface area contributed by atoms with Crippen LogP contribution in [0.4, 0.5) is 21.6 Å². The molecule has 0 saturated heterocycles. The number of rotatable bonds is 14. The number of aryl methyl sites for hydroxylation is 2. The average Bonchev–Trinajstić information content (AvgIpc) is 4.02. The lowest BCUT2D eigenvalue weighted by atomic mass is 9.99. The zero-order valence-electron chi connectivity index (χ0n) is 30.9. The number of aliphatic hydroxyl groups excluding tert-OH is 1. The van der Waals surface area contributed by atoms with Crippen LogP contribution in [0.3, 0.4) is 0 Å². The normalized spacial score (nSPS) is 15.1. The molecule has 2 aliphatic rings. The number of anilines is 4. The van der Waals surface area contributed by atoms with Crippen molar-refractivity contribution in [1.82, 2.24) is 20.4 Å². The Morgan fingerprint density at radius 1 is 0.679 bits per heavy atom. The van der Waals surface area contributed by atoms with Gasteiger partial charge in [-0.2, -0.15) is 0 Å². The summed E-state index contributed by atoms with van der Waals surface area (Å²) < 4.78 is 0. The van der Waals surface area contributed by atoms with Crippen LogP contribution in [0.5, 0.6) is 0 Å². The standard InChI is InChI=1S/C42H40N8O4S2/c1-25(27-15-19-31(20-16-27)49-23-29-9-3-5-11-33(29)39(49)53)37(51)43-41-47-45-35(55-41)13-7-8-14-36-46-48-42(56-36)44-38(52)26(2)28-17-21-32(22-18-28)50-24-30-10-4-6-12-34(30)40(50)54/h3-6,9-12,15-22,25-26,37,51H,7-8,13-14,23-24H2,1-2H3,(H,43,47)(H,44,48,52). The fourth-order valence-corrected chi connectivity index (χ4v) is 8.59. The van der Waals surface area contributed by atoms with E-state index < -0.39 is 12.1 Å². The van der Waals surface area contributed by atoms with Gasteiger partial charge in [-0.05, 0) is 78.4 Å². The fourth-order valence-electron chi connectivity index (χ4n) is 7.00. The Balaban J connectivity index is 0.758. The van der Waals surface area contributed by atoms with E-state index in [4.69, 9.17) is 0 Å². The summed E-state index contributed by atoms with van der Waals surface area (Å²) in [5, 5.41) is 36.7. The third kappa shape index (κ3) is 7.81. The van der Waals surface area contributed by atoms with Gasteiger partial charge in [-0.3, -0.25) is 14.4 Å². The summed E-state index contributed by atoms with van der Waals surface area (Å²) in [6.45, 7) is 4.87. The van der Waals surface area contributed by atoms with Gasteiger partial charge in [0.1, 0.15) is 16.2 Å². The van der Waals surface area contributed by atoms with Gasteiger partial charge in [-0.15, -0.1) is 20.4 Å². The van der Waals surface area contributed by atoms with Crippen molar-refractivity contribution in [3.63, 3.8) is 0 Å². The lowest BCUT2D eigenvalue weighted by Gasteiger charge is -2.21. The van der Waals surface area contributed by atoms with Crippen LogP contribution in [0.15, 0.2) is 97.1 Å². The van der Waals surface area contributed by atoms with Crippen molar-refractivity contribution in [3.8, 4) is 0 Å². The molecule has 0 radical (unpaired) electrons. The van der Waals surface area contributed by atoms with E-state index in [2.05, 4.69) is 31.0 Å². The van der Waals surface area contributed by atoms with Crippen molar-refractivity contribution in [2.45, 2.75) is 70.7 Å². The van der Waals surface area contributed by atoms with Crippen molar-refractivity contribution < 1.29 is 19.5 Å². The van der Waals surface area contributed by atoms with Gasteiger partial charge in [0.15, 0.2) is 0 Å². The van der Waals surface area contributed by atoms with E-state index in [1.165, 1.54) is 22.7 Å². The molecule has 4 aromatic carbocycles. The number of fused-ring (bicyclic) bond motifs is 2. The number of carbonyl (C=O) groups is 3. The second-order valence-corrected chi connectivity index (χ2v) is 16.2. The number of nitrogens with one attached hydrogen (secondary N) is 2. The largest absolute Gasteiger partial charge is 0.373 e. The van der Waals surface area contributed by atoms with E-state index >= 15 is 0 Å². The molecule has 0 aliphatic carbocycles. The van der Waals surface area contributed by atoms with Crippen LogP contribution in [0.25, 0.3) is 0 Å². The lowest BCUT2D eigenvalue weighted by Crippen LogP contribution is -2.25. The molecule has 3 amide bonds. The van der Waals surface area contributed by atoms with Crippen LogP contribution < -0.4 is 20.4 Å². The average molecular weight is 785 g/mol. The molecule has 0 fully saturated rings. The first-order valence-corrected chi connectivity index (χ1v) is 20.2. The quantitative estimate of drug-likeness (QED) is 0.0751. The third-order valence-electron chi connectivity index (χ3n) is 10.4. The number of aromatic nitrogens is 4. The molecule has 0 bridgehead atoms. The van der Waals surface area contributed by atoms with Crippen LogP contribution >= 0.6 is 22.7 Å². The number of nitrogens with zero attached hydrogens (tertiary/aromatic N) is 6. The first-order valence-electron chi connectivity index (χ1n) is 18.6. The number of benzene rings is 4. The summed E-state index contributed by atoms with van der Waals surface area (Å²) in [6, 6.07) is 30.6. The molecule has 3 N–H and O–H groups in total. The minimum Gasteiger partial charge on any atom is -0.373 e. The highest BCUT2D eigenvalue weighted by molar-refractivity contribution is 7.15. The number of hydrogen-bond acceptors (Lipinski definition) is 11. The van der Waals surface area contributed by atoms with Crippen LogP contribution in [-0.2, 0) is 30.7 Å². The predicted molar refractivity (Wildman–Crippen MR) is 218 cm³/mol. The highest BCUT2D eigenvalue weighted by Crippen LogP contribution is 2.32. The first kappa shape index (κ1) is 37.1. The highest BCUT2D eigenvalue weighted by atomic mass is 32.1. The molecule has 2 aliphatic heterocycles. The van der Waals surface area contributed by atoms with Gasteiger partial charge in [-0.25, -0.2) is 0 Å². The second kappa shape index (κ2) is 16.1. The SMILES string of the molecule is CC(C(=O)Nc1nnc(CCCCc2nnc(NC(O)C(C)c3ccc(N4Cc5ccccc5C4=O)cc3)s2)s1)c1ccc(N2Cc3ccccc3C2=O)cc1. The molecule has 2 aromatic heterocycles. The number of unbranched alkanes of at least 4 members (excludes halogenated alkanes) is 1.